The molecule has 186 valence electrons. The quantitative estimate of drug-likeness (QED) is 0.345. The van der Waals surface area contributed by atoms with Gasteiger partial charge in [0.15, 0.2) is 0 Å². The molecule has 2 aromatic carbocycles. The minimum atomic E-state index is -0.328. The lowest BCUT2D eigenvalue weighted by Gasteiger charge is -2.28. The SMILES string of the molecule is Cc1nc(C(=O)N(C)[C@H](CCNC(=O)c2cccn2C)Cc2ccccc2)c(-c2ccc(F)cc2)s1. The zero-order chi connectivity index (χ0) is 25.7. The number of carbonyl (C=O) groups excluding carboxylic acids is 2. The van der Waals surface area contributed by atoms with Gasteiger partial charge in [0.2, 0.25) is 0 Å². The van der Waals surface area contributed by atoms with Gasteiger partial charge in [-0.1, -0.05) is 42.5 Å². The third kappa shape index (κ3) is 5.88. The van der Waals surface area contributed by atoms with Crippen molar-refractivity contribution in [1.82, 2.24) is 19.8 Å². The normalized spacial score (nSPS) is 11.8. The van der Waals surface area contributed by atoms with E-state index in [1.165, 1.54) is 23.5 Å². The molecule has 0 unspecified atom stereocenters. The van der Waals surface area contributed by atoms with E-state index < -0.39 is 0 Å². The Hall–Kier alpha value is -3.78. The minimum Gasteiger partial charge on any atom is -0.351 e. The van der Waals surface area contributed by atoms with Gasteiger partial charge in [0.05, 0.1) is 9.88 Å². The molecule has 2 heterocycles. The van der Waals surface area contributed by atoms with E-state index in [4.69, 9.17) is 0 Å². The van der Waals surface area contributed by atoms with Gasteiger partial charge < -0.3 is 14.8 Å². The summed E-state index contributed by atoms with van der Waals surface area (Å²) in [5.74, 6) is -0.678. The predicted molar refractivity (Wildman–Crippen MR) is 141 cm³/mol. The summed E-state index contributed by atoms with van der Waals surface area (Å²) in [5.41, 5.74) is 2.80. The first-order chi connectivity index (χ1) is 17.3. The molecule has 4 rings (SSSR count). The number of aryl methyl sites for hydroxylation is 2. The Labute approximate surface area is 214 Å². The molecule has 0 radical (unpaired) electrons. The maximum atomic E-state index is 13.7. The first-order valence-electron chi connectivity index (χ1n) is 11.8. The van der Waals surface area contributed by atoms with Crippen LogP contribution in [0.15, 0.2) is 72.9 Å². The Balaban J connectivity index is 1.54. The van der Waals surface area contributed by atoms with Crippen molar-refractivity contribution in [3.05, 3.63) is 101 Å². The molecule has 6 nitrogen and oxygen atoms in total. The number of hydrogen-bond donors (Lipinski definition) is 1. The van der Waals surface area contributed by atoms with Crippen molar-refractivity contribution in [3.8, 4) is 10.4 Å². The third-order valence-corrected chi connectivity index (χ3v) is 7.18. The molecule has 4 aromatic rings. The maximum Gasteiger partial charge on any atom is 0.273 e. The molecule has 0 aliphatic heterocycles. The van der Waals surface area contributed by atoms with Gasteiger partial charge in [-0.25, -0.2) is 9.37 Å². The lowest BCUT2D eigenvalue weighted by molar-refractivity contribution is 0.0718. The highest BCUT2D eigenvalue weighted by atomic mass is 32.1. The zero-order valence-corrected chi connectivity index (χ0v) is 21.4. The number of carbonyl (C=O) groups is 2. The molecule has 0 saturated carbocycles. The van der Waals surface area contributed by atoms with Crippen LogP contribution in [0.3, 0.4) is 0 Å². The number of hydrogen-bond acceptors (Lipinski definition) is 4. The van der Waals surface area contributed by atoms with Crippen LogP contribution in [0.2, 0.25) is 0 Å². The fourth-order valence-corrected chi connectivity index (χ4v) is 5.08. The zero-order valence-electron chi connectivity index (χ0n) is 20.6. The van der Waals surface area contributed by atoms with Gasteiger partial charge in [-0.05, 0) is 55.2 Å². The highest BCUT2D eigenvalue weighted by Crippen LogP contribution is 2.31. The van der Waals surface area contributed by atoms with Gasteiger partial charge in [0, 0.05) is 32.9 Å². The molecule has 0 fully saturated rings. The standard InChI is InChI=1S/C28H29FN4O2S/c1-19-31-25(26(36-19)21-11-13-22(29)14-12-21)28(35)33(3)23(18-20-8-5-4-6-9-20)15-16-30-27(34)24-10-7-17-32(24)2/h4-14,17,23H,15-16,18H2,1-3H3,(H,30,34)/t23-/m1/s1. The van der Waals surface area contributed by atoms with Crippen molar-refractivity contribution >= 4 is 23.2 Å². The summed E-state index contributed by atoms with van der Waals surface area (Å²) >= 11 is 1.42. The van der Waals surface area contributed by atoms with Crippen molar-refractivity contribution in [2.24, 2.45) is 7.05 Å². The third-order valence-electron chi connectivity index (χ3n) is 6.16. The summed E-state index contributed by atoms with van der Waals surface area (Å²) in [6.07, 6.45) is 3.04. The number of benzene rings is 2. The van der Waals surface area contributed by atoms with E-state index >= 15 is 0 Å². The first kappa shape index (κ1) is 25.3. The van der Waals surface area contributed by atoms with E-state index in [-0.39, 0.29) is 23.7 Å². The van der Waals surface area contributed by atoms with Gasteiger partial charge in [-0.3, -0.25) is 9.59 Å². The number of nitrogens with zero attached hydrogens (tertiary/aromatic N) is 3. The lowest BCUT2D eigenvalue weighted by atomic mass is 10.0. The van der Waals surface area contributed by atoms with E-state index in [0.29, 0.717) is 30.8 Å². The first-order valence-corrected chi connectivity index (χ1v) is 12.6. The fraction of sp³-hybridized carbons (Fsp3) is 0.250. The summed E-state index contributed by atoms with van der Waals surface area (Å²) in [6, 6.07) is 19.5. The van der Waals surface area contributed by atoms with Crippen LogP contribution in [0, 0.1) is 12.7 Å². The van der Waals surface area contributed by atoms with Crippen molar-refractivity contribution in [1.29, 1.82) is 0 Å². The number of nitrogens with one attached hydrogen (secondary N) is 1. The average molecular weight is 505 g/mol. The molecule has 1 atom stereocenters. The van der Waals surface area contributed by atoms with Crippen LogP contribution in [0.5, 0.6) is 0 Å². The highest BCUT2D eigenvalue weighted by Gasteiger charge is 2.27. The fourth-order valence-electron chi connectivity index (χ4n) is 4.16. The monoisotopic (exact) mass is 504 g/mol. The Kier molecular flexibility index (Phi) is 7.95. The van der Waals surface area contributed by atoms with Crippen LogP contribution in [-0.4, -0.2) is 45.9 Å². The molecule has 1 N–H and O–H groups in total. The van der Waals surface area contributed by atoms with E-state index in [9.17, 15) is 14.0 Å². The Morgan fingerprint density at radius 2 is 1.81 bits per heavy atom. The molecule has 0 saturated heterocycles. The van der Waals surface area contributed by atoms with Crippen LogP contribution in [0.4, 0.5) is 4.39 Å². The lowest BCUT2D eigenvalue weighted by Crippen LogP contribution is -2.41. The van der Waals surface area contributed by atoms with Gasteiger partial charge in [0.25, 0.3) is 11.8 Å². The summed E-state index contributed by atoms with van der Waals surface area (Å²) in [4.78, 5) is 33.2. The second-order valence-corrected chi connectivity index (χ2v) is 9.93. The summed E-state index contributed by atoms with van der Waals surface area (Å²) in [6.45, 7) is 2.27. The van der Waals surface area contributed by atoms with Crippen molar-refractivity contribution in [3.63, 3.8) is 0 Å². The van der Waals surface area contributed by atoms with E-state index in [1.54, 1.807) is 34.7 Å². The molecular weight excluding hydrogens is 475 g/mol. The van der Waals surface area contributed by atoms with E-state index in [2.05, 4.69) is 10.3 Å². The molecule has 2 amide bonds. The molecule has 8 heteroatoms. The van der Waals surface area contributed by atoms with Gasteiger partial charge in [0.1, 0.15) is 17.2 Å². The summed E-state index contributed by atoms with van der Waals surface area (Å²) in [5, 5.41) is 3.74. The van der Waals surface area contributed by atoms with Crippen LogP contribution in [0.25, 0.3) is 10.4 Å². The van der Waals surface area contributed by atoms with Crippen molar-refractivity contribution in [2.75, 3.05) is 13.6 Å². The Morgan fingerprint density at radius 3 is 2.47 bits per heavy atom. The topological polar surface area (TPSA) is 67.2 Å². The van der Waals surface area contributed by atoms with Crippen molar-refractivity contribution in [2.45, 2.75) is 25.8 Å². The van der Waals surface area contributed by atoms with Crippen LogP contribution >= 0.6 is 11.3 Å². The van der Waals surface area contributed by atoms with Crippen molar-refractivity contribution < 1.29 is 14.0 Å². The largest absolute Gasteiger partial charge is 0.351 e. The Morgan fingerprint density at radius 1 is 1.08 bits per heavy atom. The van der Waals surface area contributed by atoms with Crippen LogP contribution in [0.1, 0.15) is 38.0 Å². The van der Waals surface area contributed by atoms with Gasteiger partial charge in [-0.2, -0.15) is 0 Å². The molecule has 0 aliphatic rings. The van der Waals surface area contributed by atoms with E-state index in [0.717, 1.165) is 21.0 Å². The van der Waals surface area contributed by atoms with Gasteiger partial charge in [-0.15, -0.1) is 11.3 Å². The highest BCUT2D eigenvalue weighted by molar-refractivity contribution is 7.15. The summed E-state index contributed by atoms with van der Waals surface area (Å²) < 4.78 is 15.2. The maximum absolute atomic E-state index is 13.7. The Bertz CT molecular complexity index is 1330. The number of aromatic nitrogens is 2. The molecule has 0 bridgehead atoms. The molecule has 0 aliphatic carbocycles. The number of amides is 2. The minimum absolute atomic E-state index is 0.149. The van der Waals surface area contributed by atoms with Crippen LogP contribution < -0.4 is 5.32 Å². The average Bonchev–Trinajstić information content (AvgIpc) is 3.49. The number of thiazole rings is 1. The number of rotatable bonds is 9. The number of halogens is 1. The smallest absolute Gasteiger partial charge is 0.273 e. The molecule has 36 heavy (non-hydrogen) atoms. The second-order valence-electron chi connectivity index (χ2n) is 8.73. The van der Waals surface area contributed by atoms with Gasteiger partial charge >= 0.3 is 0 Å². The second kappa shape index (κ2) is 11.3. The molecule has 2 aromatic heterocycles. The summed E-state index contributed by atoms with van der Waals surface area (Å²) in [7, 11) is 3.60. The number of likely N-dealkylation sites (N-methyl/N-ethyl adjacent to an activating group) is 1. The predicted octanol–water partition coefficient (Wildman–Crippen LogP) is 5.10. The molecule has 0 spiro atoms. The van der Waals surface area contributed by atoms with Crippen LogP contribution in [-0.2, 0) is 13.5 Å². The van der Waals surface area contributed by atoms with E-state index in [1.807, 2.05) is 56.6 Å². The molecular formula is C28H29FN4O2S.